The van der Waals surface area contributed by atoms with Crippen LogP contribution >= 0.6 is 0 Å². The lowest BCUT2D eigenvalue weighted by Crippen LogP contribution is -2.50. The average Bonchev–Trinajstić information content (AvgIpc) is 1.73. The van der Waals surface area contributed by atoms with Crippen molar-refractivity contribution < 1.29 is 8.42 Å². The Labute approximate surface area is 73.0 Å². The summed E-state index contributed by atoms with van der Waals surface area (Å²) in [5.41, 5.74) is 0. The fraction of sp³-hybridized carbons (Fsp3) is 1.00. The molecule has 12 heavy (non-hydrogen) atoms. The normalized spacial score (nSPS) is 26.3. The van der Waals surface area contributed by atoms with Crippen molar-refractivity contribution in [2.24, 2.45) is 5.92 Å². The number of nitrogens with one attached hydrogen (secondary N) is 1. The molecule has 0 bridgehead atoms. The van der Waals surface area contributed by atoms with Crippen molar-refractivity contribution >= 4 is 10.0 Å². The van der Waals surface area contributed by atoms with Crippen LogP contribution < -0.4 is 5.32 Å². The molecule has 0 spiro atoms. The van der Waals surface area contributed by atoms with Gasteiger partial charge in [-0.15, -0.1) is 0 Å². The number of hydrogen-bond acceptors (Lipinski definition) is 3. The van der Waals surface area contributed by atoms with Crippen LogP contribution in [0.15, 0.2) is 0 Å². The van der Waals surface area contributed by atoms with E-state index < -0.39 is 10.0 Å². The van der Waals surface area contributed by atoms with E-state index in [1.54, 1.807) is 4.31 Å². The molecule has 2 fully saturated rings. The van der Waals surface area contributed by atoms with Crippen molar-refractivity contribution in [1.29, 1.82) is 0 Å². The van der Waals surface area contributed by atoms with Crippen LogP contribution in [0.25, 0.3) is 0 Å². The van der Waals surface area contributed by atoms with Crippen LogP contribution in [0.1, 0.15) is 6.42 Å². The second-order valence-electron chi connectivity index (χ2n) is 3.56. The van der Waals surface area contributed by atoms with Gasteiger partial charge in [0, 0.05) is 26.2 Å². The number of sulfonamides is 1. The quantitative estimate of drug-likeness (QED) is 0.636. The molecule has 2 aliphatic rings. The monoisotopic (exact) mass is 190 g/mol. The smallest absolute Gasteiger partial charge is 0.214 e. The van der Waals surface area contributed by atoms with Gasteiger partial charge in [-0.05, 0) is 12.3 Å². The van der Waals surface area contributed by atoms with E-state index in [0.717, 1.165) is 32.6 Å². The molecule has 2 saturated heterocycles. The SMILES string of the molecule is O=S(=O)(CC1CNC1)N1CCC1. The molecule has 0 aromatic rings. The van der Waals surface area contributed by atoms with Crippen LogP contribution in [-0.4, -0.2) is 44.7 Å². The third-order valence-corrected chi connectivity index (χ3v) is 4.57. The largest absolute Gasteiger partial charge is 0.316 e. The Balaban J connectivity index is 1.90. The zero-order valence-corrected chi connectivity index (χ0v) is 7.81. The minimum Gasteiger partial charge on any atom is -0.316 e. The van der Waals surface area contributed by atoms with Gasteiger partial charge in [-0.2, -0.15) is 0 Å². The molecule has 5 heteroatoms. The van der Waals surface area contributed by atoms with E-state index >= 15 is 0 Å². The molecule has 2 aliphatic heterocycles. The molecule has 4 nitrogen and oxygen atoms in total. The molecule has 70 valence electrons. The maximum Gasteiger partial charge on any atom is 0.214 e. The van der Waals surface area contributed by atoms with Gasteiger partial charge >= 0.3 is 0 Å². The van der Waals surface area contributed by atoms with Gasteiger partial charge in [0.1, 0.15) is 0 Å². The van der Waals surface area contributed by atoms with Gasteiger partial charge in [0.05, 0.1) is 5.75 Å². The highest BCUT2D eigenvalue weighted by molar-refractivity contribution is 7.89. The predicted octanol–water partition coefficient (Wildman–Crippen LogP) is -0.759. The van der Waals surface area contributed by atoms with E-state index in [-0.39, 0.29) is 0 Å². The van der Waals surface area contributed by atoms with Crippen LogP contribution in [0.4, 0.5) is 0 Å². The van der Waals surface area contributed by atoms with Crippen molar-refractivity contribution in [2.75, 3.05) is 31.9 Å². The average molecular weight is 190 g/mol. The summed E-state index contributed by atoms with van der Waals surface area (Å²) >= 11 is 0. The first kappa shape index (κ1) is 8.47. The topological polar surface area (TPSA) is 49.4 Å². The van der Waals surface area contributed by atoms with Crippen molar-refractivity contribution in [3.63, 3.8) is 0 Å². The van der Waals surface area contributed by atoms with Gasteiger partial charge < -0.3 is 5.32 Å². The summed E-state index contributed by atoms with van der Waals surface area (Å²) < 4.78 is 24.6. The molecule has 1 N–H and O–H groups in total. The van der Waals surface area contributed by atoms with Crippen molar-refractivity contribution in [3.8, 4) is 0 Å². The van der Waals surface area contributed by atoms with Crippen LogP contribution in [0.2, 0.25) is 0 Å². The van der Waals surface area contributed by atoms with Gasteiger partial charge in [0.15, 0.2) is 0 Å². The van der Waals surface area contributed by atoms with E-state index in [0.29, 0.717) is 11.7 Å². The lowest BCUT2D eigenvalue weighted by Gasteiger charge is -2.34. The third kappa shape index (κ3) is 1.48. The number of rotatable bonds is 3. The van der Waals surface area contributed by atoms with E-state index in [9.17, 15) is 8.42 Å². The highest BCUT2D eigenvalue weighted by atomic mass is 32.2. The van der Waals surface area contributed by atoms with Gasteiger partial charge in [0.25, 0.3) is 0 Å². The highest BCUT2D eigenvalue weighted by Crippen LogP contribution is 2.16. The molecule has 0 aliphatic carbocycles. The van der Waals surface area contributed by atoms with E-state index in [4.69, 9.17) is 0 Å². The molecule has 0 radical (unpaired) electrons. The predicted molar refractivity (Wildman–Crippen MR) is 46.3 cm³/mol. The maximum atomic E-state index is 11.5. The summed E-state index contributed by atoms with van der Waals surface area (Å²) in [6.45, 7) is 3.21. The lowest BCUT2D eigenvalue weighted by atomic mass is 10.1. The lowest BCUT2D eigenvalue weighted by molar-refractivity contribution is 0.299. The van der Waals surface area contributed by atoms with Crippen LogP contribution in [0, 0.1) is 5.92 Å². The molecule has 2 heterocycles. The second kappa shape index (κ2) is 2.97. The minimum absolute atomic E-state index is 0.347. The van der Waals surface area contributed by atoms with Gasteiger partial charge in [-0.3, -0.25) is 0 Å². The molecule has 0 saturated carbocycles. The maximum absolute atomic E-state index is 11.5. The Kier molecular flexibility index (Phi) is 2.10. The van der Waals surface area contributed by atoms with Crippen molar-refractivity contribution in [1.82, 2.24) is 9.62 Å². The Morgan fingerprint density at radius 1 is 1.33 bits per heavy atom. The molecule has 0 unspecified atom stereocenters. The summed E-state index contributed by atoms with van der Waals surface area (Å²) in [5.74, 6) is 0.704. The number of nitrogens with zero attached hydrogens (tertiary/aromatic N) is 1. The van der Waals surface area contributed by atoms with E-state index in [1.165, 1.54) is 0 Å². The summed E-state index contributed by atoms with van der Waals surface area (Å²) in [6, 6.07) is 0. The summed E-state index contributed by atoms with van der Waals surface area (Å²) in [5, 5.41) is 3.08. The third-order valence-electron chi connectivity index (χ3n) is 2.52. The van der Waals surface area contributed by atoms with Crippen molar-refractivity contribution in [2.45, 2.75) is 6.42 Å². The molecule has 0 atom stereocenters. The van der Waals surface area contributed by atoms with Crippen LogP contribution in [-0.2, 0) is 10.0 Å². The molecule has 2 rings (SSSR count). The Bertz CT molecular complexity index is 255. The Hall–Kier alpha value is -0.130. The Morgan fingerprint density at radius 3 is 2.33 bits per heavy atom. The fourth-order valence-corrected chi connectivity index (χ4v) is 3.29. The first-order valence-electron chi connectivity index (χ1n) is 4.37. The molecule has 0 aromatic heterocycles. The van der Waals surface area contributed by atoms with Crippen LogP contribution in [0.3, 0.4) is 0 Å². The standard InChI is InChI=1S/C7H14N2O2S/c10-12(11,9-2-1-3-9)6-7-4-8-5-7/h7-8H,1-6H2. The molecular weight excluding hydrogens is 176 g/mol. The van der Waals surface area contributed by atoms with Gasteiger partial charge in [0.2, 0.25) is 10.0 Å². The molecular formula is C7H14N2O2S. The zero-order valence-electron chi connectivity index (χ0n) is 6.99. The Morgan fingerprint density at radius 2 is 2.00 bits per heavy atom. The zero-order chi connectivity index (χ0) is 8.60. The minimum atomic E-state index is -2.89. The highest BCUT2D eigenvalue weighted by Gasteiger charge is 2.31. The first-order chi connectivity index (χ1) is 5.68. The second-order valence-corrected chi connectivity index (χ2v) is 5.57. The first-order valence-corrected chi connectivity index (χ1v) is 5.98. The summed E-state index contributed by atoms with van der Waals surface area (Å²) in [4.78, 5) is 0. The fourth-order valence-electron chi connectivity index (χ4n) is 1.43. The summed E-state index contributed by atoms with van der Waals surface area (Å²) in [6.07, 6.45) is 1.03. The summed E-state index contributed by atoms with van der Waals surface area (Å²) in [7, 11) is -2.89. The van der Waals surface area contributed by atoms with E-state index in [1.807, 2.05) is 0 Å². The number of hydrogen-bond donors (Lipinski definition) is 1. The van der Waals surface area contributed by atoms with Gasteiger partial charge in [-0.1, -0.05) is 0 Å². The van der Waals surface area contributed by atoms with E-state index in [2.05, 4.69) is 5.32 Å². The van der Waals surface area contributed by atoms with Gasteiger partial charge in [-0.25, -0.2) is 12.7 Å². The molecule has 0 aromatic carbocycles. The molecule has 0 amide bonds. The van der Waals surface area contributed by atoms with Crippen molar-refractivity contribution in [3.05, 3.63) is 0 Å². The van der Waals surface area contributed by atoms with Crippen LogP contribution in [0.5, 0.6) is 0 Å².